The highest BCUT2D eigenvalue weighted by molar-refractivity contribution is 4.58. The summed E-state index contributed by atoms with van der Waals surface area (Å²) in [4.78, 5) is 0. The van der Waals surface area contributed by atoms with Crippen LogP contribution >= 0.6 is 0 Å². The maximum absolute atomic E-state index is 7.09. The normalized spacial score (nSPS) is 16.8. The van der Waals surface area contributed by atoms with E-state index in [-0.39, 0.29) is 0 Å². The molecule has 0 aromatic rings. The fourth-order valence-corrected chi connectivity index (χ4v) is 0.815. The summed E-state index contributed by atoms with van der Waals surface area (Å²) < 4.78 is 0. The Kier molecular flexibility index (Phi) is 5.70. The monoisotopic (exact) mass is 141 g/mol. The molecule has 2 unspecified atom stereocenters. The molecule has 0 saturated heterocycles. The summed E-state index contributed by atoms with van der Waals surface area (Å²) >= 11 is 0. The Bertz CT molecular complexity index is 61.1. The molecule has 0 aromatic heterocycles. The zero-order valence-electron chi connectivity index (χ0n) is 7.19. The van der Waals surface area contributed by atoms with Crippen molar-refractivity contribution in [2.45, 2.75) is 33.1 Å². The Hall–Kier alpha value is -0.0400. The SMILES string of the molecule is [CH2]CC(C)CCC(C)C[NH]. The standard InChI is InChI=1S/C9H19N/c1-4-8(2)5-6-9(3)7-10/h8-10H,1,4-7H2,2-3H3. The first-order chi connectivity index (χ1) is 4.70. The van der Waals surface area contributed by atoms with Gasteiger partial charge in [0.2, 0.25) is 0 Å². The summed E-state index contributed by atoms with van der Waals surface area (Å²) in [6.07, 6.45) is 3.47. The van der Waals surface area contributed by atoms with Crippen LogP contribution in [0.5, 0.6) is 0 Å². The third-order valence-corrected chi connectivity index (χ3v) is 1.99. The van der Waals surface area contributed by atoms with Crippen LogP contribution in [-0.2, 0) is 0 Å². The first-order valence-corrected chi connectivity index (χ1v) is 4.14. The first kappa shape index (κ1) is 9.96. The zero-order chi connectivity index (χ0) is 7.98. The molecule has 0 heterocycles. The predicted octanol–water partition coefficient (Wildman–Crippen LogP) is 2.55. The highest BCUT2D eigenvalue weighted by Gasteiger charge is 2.02. The lowest BCUT2D eigenvalue weighted by Gasteiger charge is -2.11. The molecule has 0 aliphatic rings. The first-order valence-electron chi connectivity index (χ1n) is 4.14. The Morgan fingerprint density at radius 3 is 2.10 bits per heavy atom. The molecular formula is C9H19N. The van der Waals surface area contributed by atoms with Crippen LogP contribution in [0.1, 0.15) is 33.1 Å². The minimum Gasteiger partial charge on any atom is -0.258 e. The van der Waals surface area contributed by atoms with Gasteiger partial charge in [0, 0.05) is 6.54 Å². The van der Waals surface area contributed by atoms with E-state index in [0.717, 1.165) is 12.3 Å². The fraction of sp³-hybridized carbons (Fsp3) is 0.889. The molecule has 10 heavy (non-hydrogen) atoms. The van der Waals surface area contributed by atoms with E-state index in [1.807, 2.05) is 0 Å². The molecule has 0 amide bonds. The summed E-state index contributed by atoms with van der Waals surface area (Å²) in [6, 6.07) is 0. The zero-order valence-corrected chi connectivity index (χ0v) is 7.19. The summed E-state index contributed by atoms with van der Waals surface area (Å²) in [6.45, 7) is 8.78. The van der Waals surface area contributed by atoms with Crippen molar-refractivity contribution in [1.82, 2.24) is 5.73 Å². The lowest BCUT2D eigenvalue weighted by Crippen LogP contribution is -2.04. The van der Waals surface area contributed by atoms with E-state index >= 15 is 0 Å². The Balaban J connectivity index is 3.17. The second-order valence-electron chi connectivity index (χ2n) is 3.28. The smallest absolute Gasteiger partial charge is 0.0125 e. The van der Waals surface area contributed by atoms with Gasteiger partial charge < -0.3 is 0 Å². The molecule has 1 heteroatoms. The largest absolute Gasteiger partial charge is 0.258 e. The lowest BCUT2D eigenvalue weighted by molar-refractivity contribution is 0.435. The van der Waals surface area contributed by atoms with Crippen molar-refractivity contribution in [2.24, 2.45) is 11.8 Å². The third-order valence-electron chi connectivity index (χ3n) is 1.99. The Morgan fingerprint density at radius 2 is 1.70 bits per heavy atom. The molecule has 0 spiro atoms. The van der Waals surface area contributed by atoms with Crippen molar-refractivity contribution >= 4 is 0 Å². The van der Waals surface area contributed by atoms with Gasteiger partial charge in [-0.2, -0.15) is 0 Å². The molecule has 2 atom stereocenters. The van der Waals surface area contributed by atoms with Crippen molar-refractivity contribution < 1.29 is 0 Å². The van der Waals surface area contributed by atoms with E-state index in [2.05, 4.69) is 20.8 Å². The van der Waals surface area contributed by atoms with E-state index in [1.165, 1.54) is 12.8 Å². The van der Waals surface area contributed by atoms with Crippen LogP contribution in [0, 0.1) is 18.8 Å². The molecule has 0 aliphatic heterocycles. The number of hydrogen-bond acceptors (Lipinski definition) is 0. The van der Waals surface area contributed by atoms with Crippen molar-refractivity contribution in [3.63, 3.8) is 0 Å². The molecule has 0 aromatic carbocycles. The summed E-state index contributed by atoms with van der Waals surface area (Å²) in [5.74, 6) is 1.32. The Morgan fingerprint density at radius 1 is 1.20 bits per heavy atom. The highest BCUT2D eigenvalue weighted by Crippen LogP contribution is 2.13. The van der Waals surface area contributed by atoms with Crippen LogP contribution in [0.15, 0.2) is 0 Å². The van der Waals surface area contributed by atoms with Crippen LogP contribution in [0.4, 0.5) is 0 Å². The Labute approximate surface area is 65.0 Å². The predicted molar refractivity (Wildman–Crippen MR) is 45.5 cm³/mol. The molecule has 0 saturated carbocycles. The van der Waals surface area contributed by atoms with Gasteiger partial charge in [-0.3, -0.25) is 5.73 Å². The second-order valence-corrected chi connectivity index (χ2v) is 3.28. The molecule has 0 fully saturated rings. The van der Waals surface area contributed by atoms with Crippen LogP contribution in [0.2, 0.25) is 0 Å². The molecule has 60 valence electrons. The van der Waals surface area contributed by atoms with Gasteiger partial charge in [0.1, 0.15) is 0 Å². The molecule has 0 bridgehead atoms. The molecule has 2 radical (unpaired) electrons. The highest BCUT2D eigenvalue weighted by atomic mass is 14.5. The van der Waals surface area contributed by atoms with Gasteiger partial charge >= 0.3 is 0 Å². The molecule has 0 aliphatic carbocycles. The third kappa shape index (κ3) is 4.80. The maximum atomic E-state index is 7.09. The van der Waals surface area contributed by atoms with E-state index in [0.29, 0.717) is 12.5 Å². The van der Waals surface area contributed by atoms with Crippen molar-refractivity contribution in [2.75, 3.05) is 6.54 Å². The van der Waals surface area contributed by atoms with Crippen LogP contribution < -0.4 is 5.73 Å². The molecule has 1 N–H and O–H groups in total. The number of rotatable bonds is 5. The van der Waals surface area contributed by atoms with E-state index in [4.69, 9.17) is 5.73 Å². The van der Waals surface area contributed by atoms with Crippen LogP contribution in [0.3, 0.4) is 0 Å². The number of nitrogens with one attached hydrogen (secondary N) is 1. The lowest BCUT2D eigenvalue weighted by atomic mass is 9.97. The van der Waals surface area contributed by atoms with Crippen molar-refractivity contribution in [3.8, 4) is 0 Å². The molecular weight excluding hydrogens is 122 g/mol. The minimum absolute atomic E-state index is 0.573. The van der Waals surface area contributed by atoms with E-state index in [1.54, 1.807) is 0 Å². The maximum Gasteiger partial charge on any atom is 0.0125 e. The summed E-state index contributed by atoms with van der Waals surface area (Å²) in [5.41, 5.74) is 7.09. The average molecular weight is 141 g/mol. The van der Waals surface area contributed by atoms with Gasteiger partial charge in [0.15, 0.2) is 0 Å². The van der Waals surface area contributed by atoms with Crippen molar-refractivity contribution in [1.29, 1.82) is 0 Å². The topological polar surface area (TPSA) is 23.8 Å². The quantitative estimate of drug-likeness (QED) is 0.562. The van der Waals surface area contributed by atoms with E-state index in [9.17, 15) is 0 Å². The summed E-state index contributed by atoms with van der Waals surface area (Å²) in [7, 11) is 0. The minimum atomic E-state index is 0.573. The molecule has 0 rings (SSSR count). The van der Waals surface area contributed by atoms with Gasteiger partial charge in [-0.25, -0.2) is 0 Å². The van der Waals surface area contributed by atoms with Gasteiger partial charge in [-0.05, 0) is 18.3 Å². The summed E-state index contributed by atoms with van der Waals surface area (Å²) in [5, 5.41) is 0. The van der Waals surface area contributed by atoms with Crippen LogP contribution in [-0.4, -0.2) is 6.54 Å². The van der Waals surface area contributed by atoms with Gasteiger partial charge in [-0.15, -0.1) is 0 Å². The van der Waals surface area contributed by atoms with Gasteiger partial charge in [0.05, 0.1) is 0 Å². The number of hydrogen-bond donors (Lipinski definition) is 0. The average Bonchev–Trinajstić information content (AvgIpc) is 1.99. The van der Waals surface area contributed by atoms with Crippen molar-refractivity contribution in [3.05, 3.63) is 6.92 Å². The van der Waals surface area contributed by atoms with Crippen LogP contribution in [0.25, 0.3) is 0 Å². The fourth-order valence-electron chi connectivity index (χ4n) is 0.815. The van der Waals surface area contributed by atoms with Gasteiger partial charge in [0.25, 0.3) is 0 Å². The van der Waals surface area contributed by atoms with E-state index < -0.39 is 0 Å². The second kappa shape index (κ2) is 5.72. The van der Waals surface area contributed by atoms with Gasteiger partial charge in [-0.1, -0.05) is 33.6 Å². The molecule has 1 nitrogen and oxygen atoms in total.